The third-order valence-corrected chi connectivity index (χ3v) is 5.14. The molecule has 1 aromatic heterocycles. The third kappa shape index (κ3) is 2.72. The Hall–Kier alpha value is -0.380. The van der Waals surface area contributed by atoms with E-state index in [1.807, 2.05) is 11.3 Å². The summed E-state index contributed by atoms with van der Waals surface area (Å²) in [7, 11) is 0. The van der Waals surface area contributed by atoms with Crippen LogP contribution in [0.3, 0.4) is 0 Å². The van der Waals surface area contributed by atoms with Crippen LogP contribution in [0.5, 0.6) is 0 Å². The maximum Gasteiger partial charge on any atom is 0.0249 e. The zero-order chi connectivity index (χ0) is 11.5. The van der Waals surface area contributed by atoms with Crippen LogP contribution in [0.1, 0.15) is 30.6 Å². The maximum atomic E-state index is 3.68. The Bertz CT molecular complexity index is 330. The van der Waals surface area contributed by atoms with Crippen molar-refractivity contribution in [2.75, 3.05) is 19.6 Å². The topological polar surface area (TPSA) is 15.3 Å². The van der Waals surface area contributed by atoms with E-state index in [2.05, 4.69) is 27.7 Å². The fraction of sp³-hybridized carbons (Fsp3) is 0.714. The number of thiophene rings is 1. The Morgan fingerprint density at radius 1 is 1.35 bits per heavy atom. The second kappa shape index (κ2) is 5.51. The van der Waals surface area contributed by atoms with E-state index in [4.69, 9.17) is 0 Å². The van der Waals surface area contributed by atoms with E-state index in [-0.39, 0.29) is 0 Å². The normalized spacial score (nSPS) is 30.1. The van der Waals surface area contributed by atoms with E-state index in [1.165, 1.54) is 56.6 Å². The van der Waals surface area contributed by atoms with Gasteiger partial charge < -0.3 is 5.32 Å². The summed E-state index contributed by atoms with van der Waals surface area (Å²) < 4.78 is 0. The van der Waals surface area contributed by atoms with Crippen LogP contribution in [-0.4, -0.2) is 36.6 Å². The van der Waals surface area contributed by atoms with Gasteiger partial charge in [-0.25, -0.2) is 0 Å². The van der Waals surface area contributed by atoms with Crippen LogP contribution in [0.4, 0.5) is 0 Å². The van der Waals surface area contributed by atoms with Gasteiger partial charge in [-0.3, -0.25) is 4.90 Å². The summed E-state index contributed by atoms with van der Waals surface area (Å²) in [5, 5.41) is 5.87. The number of hydrogen-bond acceptors (Lipinski definition) is 3. The van der Waals surface area contributed by atoms with Crippen LogP contribution in [0.15, 0.2) is 17.5 Å². The molecule has 2 atom stereocenters. The SMILES string of the molecule is c1csc(CCN2CCCC2C2CCCN2)c1. The molecule has 2 aliphatic heterocycles. The molecule has 0 aromatic carbocycles. The zero-order valence-electron chi connectivity index (χ0n) is 10.4. The highest BCUT2D eigenvalue weighted by Gasteiger charge is 2.32. The highest BCUT2D eigenvalue weighted by atomic mass is 32.1. The second-order valence-corrected chi connectivity index (χ2v) is 6.31. The number of nitrogens with one attached hydrogen (secondary N) is 1. The van der Waals surface area contributed by atoms with Crippen LogP contribution in [0.25, 0.3) is 0 Å². The van der Waals surface area contributed by atoms with Gasteiger partial charge in [-0.1, -0.05) is 6.07 Å². The number of rotatable bonds is 4. The molecular weight excluding hydrogens is 228 g/mol. The Morgan fingerprint density at radius 3 is 3.12 bits per heavy atom. The van der Waals surface area contributed by atoms with Crippen molar-refractivity contribution in [2.45, 2.75) is 44.2 Å². The van der Waals surface area contributed by atoms with E-state index in [1.54, 1.807) is 0 Å². The van der Waals surface area contributed by atoms with Crippen LogP contribution >= 0.6 is 11.3 Å². The monoisotopic (exact) mass is 250 g/mol. The van der Waals surface area contributed by atoms with Crippen LogP contribution in [-0.2, 0) is 6.42 Å². The molecule has 3 heterocycles. The van der Waals surface area contributed by atoms with Gasteiger partial charge in [-0.2, -0.15) is 0 Å². The summed E-state index contributed by atoms with van der Waals surface area (Å²) >= 11 is 1.90. The first-order valence-electron chi connectivity index (χ1n) is 6.93. The second-order valence-electron chi connectivity index (χ2n) is 5.28. The average molecular weight is 250 g/mol. The number of nitrogens with zero attached hydrogens (tertiary/aromatic N) is 1. The van der Waals surface area contributed by atoms with Gasteiger partial charge in [0.15, 0.2) is 0 Å². The first kappa shape index (κ1) is 11.7. The van der Waals surface area contributed by atoms with Gasteiger partial charge in [0.2, 0.25) is 0 Å². The minimum atomic E-state index is 0.779. The van der Waals surface area contributed by atoms with Gasteiger partial charge in [-0.15, -0.1) is 11.3 Å². The number of hydrogen-bond donors (Lipinski definition) is 1. The summed E-state index contributed by atoms with van der Waals surface area (Å²) in [5.74, 6) is 0. The van der Waals surface area contributed by atoms with Crippen molar-refractivity contribution in [3.05, 3.63) is 22.4 Å². The molecule has 1 aromatic rings. The molecule has 0 saturated carbocycles. The van der Waals surface area contributed by atoms with E-state index in [9.17, 15) is 0 Å². The molecule has 3 heteroatoms. The standard InChI is InChI=1S/C14H22N2S/c1-5-13(15-8-1)14-6-2-9-16(14)10-7-12-4-3-11-17-12/h3-4,11,13-15H,1-2,5-10H2. The van der Waals surface area contributed by atoms with Crippen molar-refractivity contribution in [1.29, 1.82) is 0 Å². The molecule has 0 aliphatic carbocycles. The van der Waals surface area contributed by atoms with Gasteiger partial charge >= 0.3 is 0 Å². The molecule has 0 amide bonds. The molecule has 3 rings (SSSR count). The van der Waals surface area contributed by atoms with Crippen LogP contribution in [0, 0.1) is 0 Å². The Balaban J connectivity index is 1.54. The minimum absolute atomic E-state index is 0.779. The van der Waals surface area contributed by atoms with E-state index >= 15 is 0 Å². The van der Waals surface area contributed by atoms with E-state index < -0.39 is 0 Å². The Morgan fingerprint density at radius 2 is 2.35 bits per heavy atom. The van der Waals surface area contributed by atoms with Crippen molar-refractivity contribution in [3.8, 4) is 0 Å². The van der Waals surface area contributed by atoms with Gasteiger partial charge in [0.25, 0.3) is 0 Å². The molecule has 2 aliphatic rings. The van der Waals surface area contributed by atoms with Crippen LogP contribution in [0.2, 0.25) is 0 Å². The fourth-order valence-electron chi connectivity index (χ4n) is 3.33. The fourth-order valence-corrected chi connectivity index (χ4v) is 4.03. The summed E-state index contributed by atoms with van der Waals surface area (Å²) in [4.78, 5) is 4.26. The molecule has 17 heavy (non-hydrogen) atoms. The highest BCUT2D eigenvalue weighted by Crippen LogP contribution is 2.25. The van der Waals surface area contributed by atoms with Gasteiger partial charge in [-0.05, 0) is 56.6 Å². The molecule has 0 radical (unpaired) electrons. The van der Waals surface area contributed by atoms with Crippen molar-refractivity contribution in [3.63, 3.8) is 0 Å². The lowest BCUT2D eigenvalue weighted by molar-refractivity contribution is 0.217. The third-order valence-electron chi connectivity index (χ3n) is 4.20. The van der Waals surface area contributed by atoms with E-state index in [0.29, 0.717) is 0 Å². The first-order valence-corrected chi connectivity index (χ1v) is 7.81. The van der Waals surface area contributed by atoms with Crippen molar-refractivity contribution in [1.82, 2.24) is 10.2 Å². The molecular formula is C14H22N2S. The first-order chi connectivity index (χ1) is 8.43. The molecule has 2 unspecified atom stereocenters. The molecule has 2 nitrogen and oxygen atoms in total. The number of likely N-dealkylation sites (tertiary alicyclic amines) is 1. The molecule has 94 valence electrons. The predicted molar refractivity (Wildman–Crippen MR) is 73.6 cm³/mol. The lowest BCUT2D eigenvalue weighted by atomic mass is 10.0. The maximum absolute atomic E-state index is 3.68. The van der Waals surface area contributed by atoms with Gasteiger partial charge in [0.1, 0.15) is 0 Å². The zero-order valence-corrected chi connectivity index (χ0v) is 11.2. The Labute approximate surface area is 108 Å². The quantitative estimate of drug-likeness (QED) is 0.883. The molecule has 2 saturated heterocycles. The summed E-state index contributed by atoms with van der Waals surface area (Å²) in [6.45, 7) is 3.80. The molecule has 2 fully saturated rings. The van der Waals surface area contributed by atoms with Gasteiger partial charge in [0, 0.05) is 23.5 Å². The van der Waals surface area contributed by atoms with Gasteiger partial charge in [0.05, 0.1) is 0 Å². The molecule has 1 N–H and O–H groups in total. The predicted octanol–water partition coefficient (Wildman–Crippen LogP) is 2.51. The lowest BCUT2D eigenvalue weighted by Gasteiger charge is -2.29. The molecule has 0 spiro atoms. The smallest absolute Gasteiger partial charge is 0.0249 e. The van der Waals surface area contributed by atoms with Crippen molar-refractivity contribution < 1.29 is 0 Å². The summed E-state index contributed by atoms with van der Waals surface area (Å²) in [6.07, 6.45) is 6.80. The van der Waals surface area contributed by atoms with Crippen molar-refractivity contribution in [2.24, 2.45) is 0 Å². The summed E-state index contributed by atoms with van der Waals surface area (Å²) in [5.41, 5.74) is 0. The van der Waals surface area contributed by atoms with E-state index in [0.717, 1.165) is 12.1 Å². The summed E-state index contributed by atoms with van der Waals surface area (Å²) in [6, 6.07) is 6.03. The van der Waals surface area contributed by atoms with Crippen LogP contribution < -0.4 is 5.32 Å². The minimum Gasteiger partial charge on any atom is -0.312 e. The van der Waals surface area contributed by atoms with Crippen molar-refractivity contribution >= 4 is 11.3 Å². The largest absolute Gasteiger partial charge is 0.312 e. The average Bonchev–Trinajstić information content (AvgIpc) is 3.09. The highest BCUT2D eigenvalue weighted by molar-refractivity contribution is 7.09. The Kier molecular flexibility index (Phi) is 3.79. The lowest BCUT2D eigenvalue weighted by Crippen LogP contribution is -2.44. The molecule has 0 bridgehead atoms.